The number of rotatable bonds is 4. The lowest BCUT2D eigenvalue weighted by Crippen LogP contribution is -2.37. The molecule has 0 unspecified atom stereocenters. The van der Waals surface area contributed by atoms with Crippen molar-refractivity contribution in [2.45, 2.75) is 43.0 Å². The van der Waals surface area contributed by atoms with Crippen LogP contribution in [-0.2, 0) is 4.79 Å². The monoisotopic (exact) mass is 333 g/mol. The van der Waals surface area contributed by atoms with Crippen LogP contribution in [0.3, 0.4) is 0 Å². The van der Waals surface area contributed by atoms with E-state index >= 15 is 0 Å². The number of aromatic nitrogens is 2. The maximum absolute atomic E-state index is 12.6. The summed E-state index contributed by atoms with van der Waals surface area (Å²) in [7, 11) is 1.65. The van der Waals surface area contributed by atoms with Crippen molar-refractivity contribution in [1.29, 1.82) is 0 Å². The molecule has 0 spiro atoms. The molecule has 1 aliphatic rings. The molecule has 1 N–H and O–H groups in total. The zero-order chi connectivity index (χ0) is 16.2. The number of ether oxygens (including phenoxy) is 1. The number of fused-ring (bicyclic) bond motifs is 1. The van der Waals surface area contributed by atoms with Crippen molar-refractivity contribution in [2.75, 3.05) is 20.2 Å². The Morgan fingerprint density at radius 3 is 2.74 bits per heavy atom. The molecule has 1 aromatic carbocycles. The van der Waals surface area contributed by atoms with E-state index in [0.717, 1.165) is 47.9 Å². The van der Waals surface area contributed by atoms with Gasteiger partial charge in [-0.15, -0.1) is 0 Å². The van der Waals surface area contributed by atoms with Crippen molar-refractivity contribution in [3.8, 4) is 5.75 Å². The molecule has 1 aliphatic heterocycles. The average Bonchev–Trinajstić information content (AvgIpc) is 2.77. The zero-order valence-corrected chi connectivity index (χ0v) is 14.5. The lowest BCUT2D eigenvalue weighted by Gasteiger charge is -2.23. The summed E-state index contributed by atoms with van der Waals surface area (Å²) in [5, 5.41) is 0.652. The minimum atomic E-state index is -0.129. The van der Waals surface area contributed by atoms with Gasteiger partial charge in [-0.25, -0.2) is 4.98 Å². The number of hydrogen-bond acceptors (Lipinski definition) is 4. The van der Waals surface area contributed by atoms with Gasteiger partial charge in [-0.1, -0.05) is 24.6 Å². The average molecular weight is 333 g/mol. The molecule has 23 heavy (non-hydrogen) atoms. The Kier molecular flexibility index (Phi) is 5.10. The van der Waals surface area contributed by atoms with Crippen LogP contribution in [-0.4, -0.2) is 46.2 Å². The molecule has 1 aromatic heterocycles. The number of amides is 1. The number of H-pyrrole nitrogens is 1. The van der Waals surface area contributed by atoms with E-state index in [1.807, 2.05) is 30.0 Å². The lowest BCUT2D eigenvalue weighted by atomic mass is 10.2. The van der Waals surface area contributed by atoms with Gasteiger partial charge in [0.2, 0.25) is 5.91 Å². The smallest absolute Gasteiger partial charge is 0.235 e. The third-order valence-corrected chi connectivity index (χ3v) is 5.19. The number of hydrogen-bond donors (Lipinski definition) is 1. The second kappa shape index (κ2) is 7.25. The van der Waals surface area contributed by atoms with Gasteiger partial charge >= 0.3 is 0 Å². The number of carbonyl (C=O) groups excluding carboxylic acids is 1. The Hall–Kier alpha value is -1.69. The fourth-order valence-corrected chi connectivity index (χ4v) is 3.82. The third-order valence-electron chi connectivity index (χ3n) is 4.22. The van der Waals surface area contributed by atoms with Crippen LogP contribution in [0.5, 0.6) is 5.75 Å². The van der Waals surface area contributed by atoms with E-state index in [1.165, 1.54) is 24.6 Å². The Labute approximate surface area is 140 Å². The van der Waals surface area contributed by atoms with Gasteiger partial charge < -0.3 is 14.6 Å². The van der Waals surface area contributed by atoms with Crippen LogP contribution in [0.2, 0.25) is 0 Å². The van der Waals surface area contributed by atoms with Crippen molar-refractivity contribution in [1.82, 2.24) is 14.9 Å². The van der Waals surface area contributed by atoms with E-state index in [0.29, 0.717) is 0 Å². The maximum Gasteiger partial charge on any atom is 0.235 e. The minimum Gasteiger partial charge on any atom is -0.497 e. The fraction of sp³-hybridized carbons (Fsp3) is 0.529. The van der Waals surface area contributed by atoms with Crippen LogP contribution in [0.4, 0.5) is 0 Å². The highest BCUT2D eigenvalue weighted by molar-refractivity contribution is 8.00. The summed E-state index contributed by atoms with van der Waals surface area (Å²) in [4.78, 5) is 22.5. The molecule has 1 fully saturated rings. The summed E-state index contributed by atoms with van der Waals surface area (Å²) in [5.41, 5.74) is 1.82. The molecule has 2 heterocycles. The number of thioether (sulfide) groups is 1. The van der Waals surface area contributed by atoms with Gasteiger partial charge in [-0.3, -0.25) is 4.79 Å². The van der Waals surface area contributed by atoms with E-state index in [9.17, 15) is 4.79 Å². The van der Waals surface area contributed by atoms with E-state index in [2.05, 4.69) is 9.97 Å². The van der Waals surface area contributed by atoms with Gasteiger partial charge in [-0.05, 0) is 31.9 Å². The summed E-state index contributed by atoms with van der Waals surface area (Å²) in [6.45, 7) is 3.74. The van der Waals surface area contributed by atoms with Crippen molar-refractivity contribution in [3.63, 3.8) is 0 Å². The van der Waals surface area contributed by atoms with Crippen molar-refractivity contribution < 1.29 is 9.53 Å². The molecule has 124 valence electrons. The molecular weight excluding hydrogens is 310 g/mol. The van der Waals surface area contributed by atoms with Gasteiger partial charge in [0.1, 0.15) is 5.75 Å². The molecule has 0 radical (unpaired) electrons. The largest absolute Gasteiger partial charge is 0.497 e. The highest BCUT2D eigenvalue weighted by atomic mass is 32.2. The second-order valence-electron chi connectivity index (χ2n) is 5.92. The normalized spacial score (nSPS) is 17.0. The molecular formula is C17H23N3O2S. The highest BCUT2D eigenvalue weighted by Crippen LogP contribution is 2.27. The first-order valence-electron chi connectivity index (χ1n) is 8.16. The van der Waals surface area contributed by atoms with Crippen LogP contribution in [0, 0.1) is 0 Å². The predicted octanol–water partition coefficient (Wildman–Crippen LogP) is 3.45. The molecule has 0 bridgehead atoms. The van der Waals surface area contributed by atoms with Gasteiger partial charge in [0.15, 0.2) is 5.16 Å². The summed E-state index contributed by atoms with van der Waals surface area (Å²) < 4.78 is 5.23. The van der Waals surface area contributed by atoms with Crippen molar-refractivity contribution in [2.24, 2.45) is 0 Å². The fourth-order valence-electron chi connectivity index (χ4n) is 2.91. The quantitative estimate of drug-likeness (QED) is 0.871. The molecule has 6 heteroatoms. The number of nitrogens with zero attached hydrogens (tertiary/aromatic N) is 2. The second-order valence-corrected chi connectivity index (χ2v) is 7.25. The van der Waals surface area contributed by atoms with E-state index in [-0.39, 0.29) is 11.2 Å². The Bertz CT molecular complexity index is 678. The zero-order valence-electron chi connectivity index (χ0n) is 13.7. The van der Waals surface area contributed by atoms with Crippen LogP contribution in [0.1, 0.15) is 32.6 Å². The van der Waals surface area contributed by atoms with Crippen LogP contribution in [0.25, 0.3) is 11.0 Å². The van der Waals surface area contributed by atoms with Crippen molar-refractivity contribution >= 4 is 28.7 Å². The SMILES string of the molecule is COc1ccc2nc(S[C@H](C)C(=O)N3CCCCCC3)[nH]c2c1. The van der Waals surface area contributed by atoms with Crippen LogP contribution >= 0.6 is 11.8 Å². The lowest BCUT2D eigenvalue weighted by molar-refractivity contribution is -0.130. The predicted molar refractivity (Wildman–Crippen MR) is 93.0 cm³/mol. The van der Waals surface area contributed by atoms with Gasteiger partial charge in [0, 0.05) is 19.2 Å². The highest BCUT2D eigenvalue weighted by Gasteiger charge is 2.23. The first-order valence-corrected chi connectivity index (χ1v) is 9.04. The first-order chi connectivity index (χ1) is 11.2. The van der Waals surface area contributed by atoms with E-state index < -0.39 is 0 Å². The number of carbonyl (C=O) groups is 1. The molecule has 0 saturated carbocycles. The number of methoxy groups -OCH3 is 1. The molecule has 1 amide bonds. The van der Waals surface area contributed by atoms with Gasteiger partial charge in [-0.2, -0.15) is 0 Å². The standard InChI is InChI=1S/C17H23N3O2S/c1-12(16(21)20-9-5-3-4-6-10-20)23-17-18-14-8-7-13(22-2)11-15(14)19-17/h7-8,11-12H,3-6,9-10H2,1-2H3,(H,18,19)/t12-/m1/s1. The first kappa shape index (κ1) is 16.2. The molecule has 1 atom stereocenters. The number of benzene rings is 1. The number of likely N-dealkylation sites (tertiary alicyclic amines) is 1. The van der Waals surface area contributed by atoms with Crippen LogP contribution in [0.15, 0.2) is 23.4 Å². The number of nitrogens with one attached hydrogen (secondary N) is 1. The summed E-state index contributed by atoms with van der Waals surface area (Å²) in [6.07, 6.45) is 4.70. The molecule has 2 aromatic rings. The molecule has 5 nitrogen and oxygen atoms in total. The minimum absolute atomic E-state index is 0.129. The Balaban J connectivity index is 1.69. The number of imidazole rings is 1. The summed E-state index contributed by atoms with van der Waals surface area (Å²) in [6, 6.07) is 5.74. The Morgan fingerprint density at radius 2 is 2.04 bits per heavy atom. The molecule has 1 saturated heterocycles. The molecule has 0 aliphatic carbocycles. The molecule has 3 rings (SSSR count). The number of aromatic amines is 1. The Morgan fingerprint density at radius 1 is 1.30 bits per heavy atom. The summed E-state index contributed by atoms with van der Waals surface area (Å²) in [5.74, 6) is 1.02. The van der Waals surface area contributed by atoms with E-state index in [1.54, 1.807) is 7.11 Å². The van der Waals surface area contributed by atoms with E-state index in [4.69, 9.17) is 4.74 Å². The van der Waals surface area contributed by atoms with Crippen LogP contribution < -0.4 is 4.74 Å². The maximum atomic E-state index is 12.6. The van der Waals surface area contributed by atoms with Crippen molar-refractivity contribution in [3.05, 3.63) is 18.2 Å². The third kappa shape index (κ3) is 3.80. The topological polar surface area (TPSA) is 58.2 Å². The van der Waals surface area contributed by atoms with Gasteiger partial charge in [0.05, 0.1) is 23.4 Å². The summed E-state index contributed by atoms with van der Waals surface area (Å²) >= 11 is 1.49. The van der Waals surface area contributed by atoms with Gasteiger partial charge in [0.25, 0.3) is 0 Å².